The van der Waals surface area contributed by atoms with E-state index in [4.69, 9.17) is 11.6 Å². The van der Waals surface area contributed by atoms with Crippen molar-refractivity contribution in [3.63, 3.8) is 0 Å². The molecule has 2 aromatic rings. The molecule has 0 fully saturated rings. The molecule has 16 heavy (non-hydrogen) atoms. The summed E-state index contributed by atoms with van der Waals surface area (Å²) in [5.41, 5.74) is 1.76. The molecule has 2 rings (SSSR count). The fraction of sp³-hybridized carbons (Fsp3) is 0.200. The Labute approximate surface area is 115 Å². The van der Waals surface area contributed by atoms with Gasteiger partial charge in [-0.3, -0.25) is 0 Å². The Bertz CT molecular complexity index is 511. The molecule has 84 valence electrons. The van der Waals surface area contributed by atoms with E-state index in [9.17, 15) is 0 Å². The highest BCUT2D eigenvalue weighted by Crippen LogP contribution is 2.29. The van der Waals surface area contributed by atoms with E-state index in [0.717, 1.165) is 15.9 Å². The van der Waals surface area contributed by atoms with Crippen molar-refractivity contribution in [1.82, 2.24) is 15.0 Å². The van der Waals surface area contributed by atoms with Gasteiger partial charge >= 0.3 is 0 Å². The van der Waals surface area contributed by atoms with E-state index in [-0.39, 0.29) is 4.83 Å². The Kier molecular flexibility index (Phi) is 3.66. The quantitative estimate of drug-likeness (QED) is 0.749. The highest BCUT2D eigenvalue weighted by molar-refractivity contribution is 9.10. The predicted molar refractivity (Wildman–Crippen MR) is 71.4 cm³/mol. The summed E-state index contributed by atoms with van der Waals surface area (Å²) in [7, 11) is 0. The second-order valence-electron chi connectivity index (χ2n) is 3.28. The molecule has 6 heteroatoms. The normalized spacial score (nSPS) is 12.8. The lowest BCUT2D eigenvalue weighted by Gasteiger charge is -2.04. The van der Waals surface area contributed by atoms with Crippen LogP contribution in [0.2, 0.25) is 5.02 Å². The Morgan fingerprint density at radius 1 is 1.44 bits per heavy atom. The van der Waals surface area contributed by atoms with E-state index in [1.807, 2.05) is 31.3 Å². The van der Waals surface area contributed by atoms with Crippen LogP contribution in [0.15, 0.2) is 28.9 Å². The summed E-state index contributed by atoms with van der Waals surface area (Å²) >= 11 is 12.9. The lowest BCUT2D eigenvalue weighted by atomic mass is 10.3. The van der Waals surface area contributed by atoms with Crippen LogP contribution in [0.3, 0.4) is 0 Å². The van der Waals surface area contributed by atoms with Gasteiger partial charge in [-0.15, -0.1) is 5.10 Å². The minimum absolute atomic E-state index is 0.180. The molecule has 0 aliphatic carbocycles. The molecule has 0 spiro atoms. The molecule has 1 atom stereocenters. The molecule has 0 radical (unpaired) electrons. The predicted octanol–water partition coefficient (Wildman–Crippen LogP) is 4.14. The summed E-state index contributed by atoms with van der Waals surface area (Å²) in [4.78, 5) is 0.180. The van der Waals surface area contributed by atoms with Crippen molar-refractivity contribution < 1.29 is 0 Å². The number of hydrogen-bond acceptors (Lipinski definition) is 2. The van der Waals surface area contributed by atoms with E-state index >= 15 is 0 Å². The van der Waals surface area contributed by atoms with Crippen LogP contribution < -0.4 is 0 Å². The van der Waals surface area contributed by atoms with Gasteiger partial charge in [-0.25, -0.2) is 4.68 Å². The maximum absolute atomic E-state index is 6.02. The van der Waals surface area contributed by atoms with E-state index < -0.39 is 0 Å². The molecular formula is C10H8Br2ClN3. The number of rotatable bonds is 2. The van der Waals surface area contributed by atoms with Gasteiger partial charge in [0.1, 0.15) is 0 Å². The molecule has 0 saturated carbocycles. The average Bonchev–Trinajstić information content (AvgIpc) is 2.71. The number of aromatic nitrogens is 3. The molecule has 0 bridgehead atoms. The van der Waals surface area contributed by atoms with Gasteiger partial charge in [-0.05, 0) is 35.0 Å². The van der Waals surface area contributed by atoms with Crippen molar-refractivity contribution in [2.75, 3.05) is 0 Å². The summed E-state index contributed by atoms with van der Waals surface area (Å²) in [5, 5.41) is 8.78. The third-order valence-corrected chi connectivity index (χ3v) is 3.94. The fourth-order valence-electron chi connectivity index (χ4n) is 1.25. The molecule has 1 unspecified atom stereocenters. The van der Waals surface area contributed by atoms with E-state index in [0.29, 0.717) is 5.02 Å². The van der Waals surface area contributed by atoms with Crippen LogP contribution in [0, 0.1) is 0 Å². The first-order valence-electron chi connectivity index (χ1n) is 4.60. The highest BCUT2D eigenvalue weighted by atomic mass is 79.9. The van der Waals surface area contributed by atoms with Gasteiger partial charge in [0, 0.05) is 0 Å². The number of hydrogen-bond donors (Lipinski definition) is 0. The molecule has 3 nitrogen and oxygen atoms in total. The third kappa shape index (κ3) is 2.31. The van der Waals surface area contributed by atoms with Gasteiger partial charge < -0.3 is 0 Å². The molecule has 0 saturated heterocycles. The number of alkyl halides is 1. The van der Waals surface area contributed by atoms with Crippen LogP contribution in [0.25, 0.3) is 5.69 Å². The van der Waals surface area contributed by atoms with Crippen molar-refractivity contribution in [3.05, 3.63) is 39.6 Å². The van der Waals surface area contributed by atoms with E-state index in [1.165, 1.54) is 0 Å². The Morgan fingerprint density at radius 2 is 2.19 bits per heavy atom. The van der Waals surface area contributed by atoms with E-state index in [1.54, 1.807) is 4.68 Å². The highest BCUT2D eigenvalue weighted by Gasteiger charge is 2.10. The zero-order valence-corrected chi connectivity index (χ0v) is 12.3. The summed E-state index contributed by atoms with van der Waals surface area (Å²) < 4.78 is 2.51. The SMILES string of the molecule is CC(Br)c1cn(-c2cccc(Cl)c2Br)nn1. The van der Waals surface area contributed by atoms with Gasteiger partial charge in [0.15, 0.2) is 0 Å². The fourth-order valence-corrected chi connectivity index (χ4v) is 2.07. The van der Waals surface area contributed by atoms with Gasteiger partial charge in [0.05, 0.1) is 31.9 Å². The zero-order chi connectivity index (χ0) is 11.7. The topological polar surface area (TPSA) is 30.7 Å². The van der Waals surface area contributed by atoms with Crippen LogP contribution in [0.1, 0.15) is 17.4 Å². The van der Waals surface area contributed by atoms with Crippen molar-refractivity contribution in [3.8, 4) is 5.69 Å². The lowest BCUT2D eigenvalue weighted by molar-refractivity contribution is 0.795. The van der Waals surface area contributed by atoms with Gasteiger partial charge in [0.2, 0.25) is 0 Å². The Balaban J connectivity index is 2.47. The monoisotopic (exact) mass is 363 g/mol. The molecule has 0 aliphatic rings. The van der Waals surface area contributed by atoms with Crippen molar-refractivity contribution in [2.24, 2.45) is 0 Å². The van der Waals surface area contributed by atoms with Crippen LogP contribution in [-0.2, 0) is 0 Å². The molecule has 1 heterocycles. The van der Waals surface area contributed by atoms with Crippen molar-refractivity contribution >= 4 is 43.5 Å². The first kappa shape index (κ1) is 12.1. The summed E-state index contributed by atoms with van der Waals surface area (Å²) in [6.45, 7) is 2.00. The van der Waals surface area contributed by atoms with Crippen molar-refractivity contribution in [1.29, 1.82) is 0 Å². The largest absolute Gasteiger partial charge is 0.219 e. The van der Waals surface area contributed by atoms with Gasteiger partial charge in [-0.1, -0.05) is 38.8 Å². The minimum Gasteiger partial charge on any atom is -0.219 e. The Hall–Kier alpha value is -0.390. The molecule has 1 aromatic heterocycles. The van der Waals surface area contributed by atoms with Crippen molar-refractivity contribution in [2.45, 2.75) is 11.8 Å². The first-order valence-corrected chi connectivity index (χ1v) is 6.69. The molecule has 1 aromatic carbocycles. The van der Waals surface area contributed by atoms with E-state index in [2.05, 4.69) is 42.2 Å². The summed E-state index contributed by atoms with van der Waals surface area (Å²) in [6.07, 6.45) is 1.87. The third-order valence-electron chi connectivity index (χ3n) is 2.10. The van der Waals surface area contributed by atoms with Crippen LogP contribution >= 0.6 is 43.5 Å². The number of benzene rings is 1. The maximum Gasteiger partial charge on any atom is 0.0965 e. The number of nitrogens with zero attached hydrogens (tertiary/aromatic N) is 3. The molecule has 0 N–H and O–H groups in total. The summed E-state index contributed by atoms with van der Waals surface area (Å²) in [6, 6.07) is 5.62. The average molecular weight is 365 g/mol. The van der Waals surface area contributed by atoms with Gasteiger partial charge in [-0.2, -0.15) is 0 Å². The minimum atomic E-state index is 0.180. The second kappa shape index (κ2) is 4.85. The van der Waals surface area contributed by atoms with Gasteiger partial charge in [0.25, 0.3) is 0 Å². The Morgan fingerprint density at radius 3 is 2.81 bits per heavy atom. The van der Waals surface area contributed by atoms with Crippen LogP contribution in [0.4, 0.5) is 0 Å². The standard InChI is InChI=1S/C10H8Br2ClN3/c1-6(11)8-5-16(15-14-8)9-4-2-3-7(13)10(9)12/h2-6H,1H3. The molecular weight excluding hydrogens is 357 g/mol. The van der Waals surface area contributed by atoms with Crippen LogP contribution in [-0.4, -0.2) is 15.0 Å². The molecule has 0 aliphatic heterocycles. The summed E-state index contributed by atoms with van der Waals surface area (Å²) in [5.74, 6) is 0. The second-order valence-corrected chi connectivity index (χ2v) is 5.85. The lowest BCUT2D eigenvalue weighted by Crippen LogP contribution is -1.96. The number of halogens is 3. The maximum atomic E-state index is 6.02. The smallest absolute Gasteiger partial charge is 0.0965 e. The first-order chi connectivity index (χ1) is 7.59. The zero-order valence-electron chi connectivity index (χ0n) is 8.36. The molecule has 0 amide bonds. The van der Waals surface area contributed by atoms with Crippen LogP contribution in [0.5, 0.6) is 0 Å².